The summed E-state index contributed by atoms with van der Waals surface area (Å²) in [4.78, 5) is 5.12. The van der Waals surface area contributed by atoms with E-state index in [4.69, 9.17) is 5.73 Å². The van der Waals surface area contributed by atoms with Crippen molar-refractivity contribution in [2.45, 2.75) is 31.8 Å². The van der Waals surface area contributed by atoms with Gasteiger partial charge in [0.05, 0.1) is 0 Å². The van der Waals surface area contributed by atoms with Crippen molar-refractivity contribution in [3.8, 4) is 0 Å². The zero-order chi connectivity index (χ0) is 14.2. The molecule has 110 valence electrons. The molecule has 2 N–H and O–H groups in total. The number of aryl methyl sites for hydroxylation is 1. The second kappa shape index (κ2) is 5.47. The van der Waals surface area contributed by atoms with Crippen LogP contribution in [0.1, 0.15) is 24.0 Å². The van der Waals surface area contributed by atoms with E-state index >= 15 is 0 Å². The molecule has 3 aliphatic heterocycles. The van der Waals surface area contributed by atoms with Crippen molar-refractivity contribution < 1.29 is 0 Å². The molecule has 3 nitrogen and oxygen atoms in total. The first-order valence-corrected chi connectivity index (χ1v) is 7.83. The summed E-state index contributed by atoms with van der Waals surface area (Å²) in [5.41, 5.74) is 9.16. The third-order valence-corrected chi connectivity index (χ3v) is 5.46. The van der Waals surface area contributed by atoms with Crippen LogP contribution < -0.4 is 5.73 Å². The van der Waals surface area contributed by atoms with Gasteiger partial charge >= 0.3 is 0 Å². The summed E-state index contributed by atoms with van der Waals surface area (Å²) in [5, 5.41) is 0. The maximum atomic E-state index is 6.24. The van der Waals surface area contributed by atoms with Crippen LogP contribution in [0, 0.1) is 12.8 Å². The van der Waals surface area contributed by atoms with E-state index in [0.29, 0.717) is 0 Å². The summed E-state index contributed by atoms with van der Waals surface area (Å²) in [6, 6.07) is 8.85. The van der Waals surface area contributed by atoms with Crippen LogP contribution in [-0.4, -0.2) is 48.6 Å². The fourth-order valence-electron chi connectivity index (χ4n) is 4.21. The van der Waals surface area contributed by atoms with Crippen LogP contribution in [-0.2, 0) is 6.54 Å². The maximum absolute atomic E-state index is 6.24. The third-order valence-electron chi connectivity index (χ3n) is 5.46. The lowest BCUT2D eigenvalue weighted by atomic mass is 9.71. The molecule has 1 atom stereocenters. The van der Waals surface area contributed by atoms with Crippen molar-refractivity contribution in [3.63, 3.8) is 0 Å². The van der Waals surface area contributed by atoms with Gasteiger partial charge in [-0.3, -0.25) is 4.90 Å². The summed E-state index contributed by atoms with van der Waals surface area (Å²) < 4.78 is 0. The number of hydrogen-bond acceptors (Lipinski definition) is 3. The summed E-state index contributed by atoms with van der Waals surface area (Å²) in [6.45, 7) is 7.63. The molecule has 3 saturated heterocycles. The van der Waals surface area contributed by atoms with E-state index in [1.165, 1.54) is 37.1 Å². The van der Waals surface area contributed by atoms with Crippen molar-refractivity contribution in [2.24, 2.45) is 11.7 Å². The Bertz CT molecular complexity index is 465. The molecule has 0 amide bonds. The Morgan fingerprint density at radius 1 is 1.35 bits per heavy atom. The fourth-order valence-corrected chi connectivity index (χ4v) is 4.21. The Hall–Kier alpha value is -0.900. The minimum absolute atomic E-state index is 0.181. The van der Waals surface area contributed by atoms with Crippen molar-refractivity contribution in [1.29, 1.82) is 0 Å². The number of nitrogens with two attached hydrogens (primary N) is 1. The molecular weight excluding hydrogens is 246 g/mol. The molecule has 3 heterocycles. The van der Waals surface area contributed by atoms with E-state index < -0.39 is 0 Å². The third kappa shape index (κ3) is 2.39. The van der Waals surface area contributed by atoms with Gasteiger partial charge in [0.15, 0.2) is 0 Å². The largest absolute Gasteiger partial charge is 0.329 e. The van der Waals surface area contributed by atoms with Crippen molar-refractivity contribution in [2.75, 3.05) is 33.2 Å². The number of likely N-dealkylation sites (N-methyl/N-ethyl adjacent to an activating group) is 1. The SMILES string of the molecule is Cc1cccc(CN(C)C2(CN)CN3CCC2CC3)c1. The smallest absolute Gasteiger partial charge is 0.0487 e. The number of piperidine rings is 3. The Morgan fingerprint density at radius 2 is 2.10 bits per heavy atom. The van der Waals surface area contributed by atoms with Gasteiger partial charge in [-0.15, -0.1) is 0 Å². The highest BCUT2D eigenvalue weighted by atomic mass is 15.3. The lowest BCUT2D eigenvalue weighted by Crippen LogP contribution is -2.69. The van der Waals surface area contributed by atoms with E-state index in [0.717, 1.165) is 25.6 Å². The fraction of sp³-hybridized carbons (Fsp3) is 0.647. The van der Waals surface area contributed by atoms with Gasteiger partial charge < -0.3 is 10.6 Å². The molecule has 0 aromatic heterocycles. The highest BCUT2D eigenvalue weighted by Crippen LogP contribution is 2.39. The highest BCUT2D eigenvalue weighted by Gasteiger charge is 2.48. The van der Waals surface area contributed by atoms with Gasteiger partial charge in [0.25, 0.3) is 0 Å². The van der Waals surface area contributed by atoms with E-state index in [2.05, 4.69) is 48.0 Å². The van der Waals surface area contributed by atoms with Gasteiger partial charge in [0.1, 0.15) is 0 Å². The highest BCUT2D eigenvalue weighted by molar-refractivity contribution is 5.22. The van der Waals surface area contributed by atoms with E-state index in [1.54, 1.807) is 0 Å². The maximum Gasteiger partial charge on any atom is 0.0487 e. The minimum atomic E-state index is 0.181. The predicted octanol–water partition coefficient (Wildman–Crippen LogP) is 1.85. The molecule has 3 heteroatoms. The normalized spacial score (nSPS) is 32.8. The molecule has 0 spiro atoms. The van der Waals surface area contributed by atoms with Gasteiger partial charge in [-0.05, 0) is 51.4 Å². The quantitative estimate of drug-likeness (QED) is 0.909. The number of benzene rings is 1. The van der Waals surface area contributed by atoms with Gasteiger partial charge in [-0.1, -0.05) is 29.8 Å². The first-order chi connectivity index (χ1) is 9.64. The second-order valence-electron chi connectivity index (χ2n) is 6.70. The van der Waals surface area contributed by atoms with Gasteiger partial charge in [0.2, 0.25) is 0 Å². The Labute approximate surface area is 122 Å². The Morgan fingerprint density at radius 3 is 2.65 bits per heavy atom. The van der Waals surface area contributed by atoms with Crippen LogP contribution in [0.15, 0.2) is 24.3 Å². The number of hydrogen-bond donors (Lipinski definition) is 1. The molecule has 4 rings (SSSR count). The molecule has 3 aliphatic rings. The van der Waals surface area contributed by atoms with E-state index in [1.807, 2.05) is 0 Å². The summed E-state index contributed by atoms with van der Waals surface area (Å²) in [7, 11) is 2.26. The Kier molecular flexibility index (Phi) is 3.85. The van der Waals surface area contributed by atoms with Gasteiger partial charge in [-0.2, -0.15) is 0 Å². The number of nitrogens with zero attached hydrogens (tertiary/aromatic N) is 2. The van der Waals surface area contributed by atoms with Crippen molar-refractivity contribution in [3.05, 3.63) is 35.4 Å². The zero-order valence-electron chi connectivity index (χ0n) is 12.8. The summed E-state index contributed by atoms with van der Waals surface area (Å²) in [6.07, 6.45) is 2.63. The lowest BCUT2D eigenvalue weighted by Gasteiger charge is -2.57. The molecule has 0 radical (unpaired) electrons. The van der Waals surface area contributed by atoms with E-state index in [-0.39, 0.29) is 5.54 Å². The number of rotatable bonds is 4. The van der Waals surface area contributed by atoms with Crippen LogP contribution in [0.2, 0.25) is 0 Å². The van der Waals surface area contributed by atoms with Gasteiger partial charge in [0, 0.05) is 25.2 Å². The van der Waals surface area contributed by atoms with Crippen molar-refractivity contribution >= 4 is 0 Å². The first kappa shape index (κ1) is 14.1. The molecule has 2 bridgehead atoms. The molecular formula is C17H27N3. The zero-order valence-corrected chi connectivity index (χ0v) is 12.8. The number of fused-ring (bicyclic) bond motifs is 3. The topological polar surface area (TPSA) is 32.5 Å². The van der Waals surface area contributed by atoms with Crippen molar-refractivity contribution in [1.82, 2.24) is 9.80 Å². The van der Waals surface area contributed by atoms with E-state index in [9.17, 15) is 0 Å². The summed E-state index contributed by atoms with van der Waals surface area (Å²) >= 11 is 0. The predicted molar refractivity (Wildman–Crippen MR) is 83.6 cm³/mol. The average molecular weight is 273 g/mol. The van der Waals surface area contributed by atoms with Crippen LogP contribution in [0.25, 0.3) is 0 Å². The minimum Gasteiger partial charge on any atom is -0.329 e. The van der Waals surface area contributed by atoms with Gasteiger partial charge in [-0.25, -0.2) is 0 Å². The van der Waals surface area contributed by atoms with Crippen LogP contribution in [0.4, 0.5) is 0 Å². The second-order valence-corrected chi connectivity index (χ2v) is 6.70. The molecule has 0 aliphatic carbocycles. The average Bonchev–Trinajstić information content (AvgIpc) is 2.48. The molecule has 3 fully saturated rings. The van der Waals surface area contributed by atoms with Crippen LogP contribution in [0.3, 0.4) is 0 Å². The van der Waals surface area contributed by atoms with Crippen LogP contribution in [0.5, 0.6) is 0 Å². The van der Waals surface area contributed by atoms with Crippen LogP contribution >= 0.6 is 0 Å². The molecule has 1 unspecified atom stereocenters. The molecule has 20 heavy (non-hydrogen) atoms. The Balaban J connectivity index is 1.79. The molecule has 1 aromatic rings. The lowest BCUT2D eigenvalue weighted by molar-refractivity contribution is -0.0596. The molecule has 1 aromatic carbocycles. The standard InChI is InChI=1S/C17H27N3/c1-14-4-3-5-15(10-14)11-19(2)17(12-18)13-20-8-6-16(17)7-9-20/h3-5,10,16H,6-9,11-13,18H2,1-2H3. The molecule has 0 saturated carbocycles. The summed E-state index contributed by atoms with van der Waals surface area (Å²) in [5.74, 6) is 0.771. The monoisotopic (exact) mass is 273 g/mol. The first-order valence-electron chi connectivity index (χ1n) is 7.83.